The Morgan fingerprint density at radius 2 is 1.60 bits per heavy atom. The minimum Gasteiger partial charge on any atom is -0.480 e. The zero-order chi connectivity index (χ0) is 11.6. The molecule has 0 aliphatic carbocycles. The Hall–Kier alpha value is -1.26. The summed E-state index contributed by atoms with van der Waals surface area (Å²) in [7, 11) is 0. The molecule has 6 heteroatoms. The SMILES string of the molecule is O=C(O)C(C(=O)O)c1ccc(Cl)c(Cl)c1. The van der Waals surface area contributed by atoms with Crippen LogP contribution in [0, 0.1) is 0 Å². The molecule has 0 spiro atoms. The predicted octanol–water partition coefficient (Wildman–Crippen LogP) is 2.25. The Labute approximate surface area is 95.0 Å². The smallest absolute Gasteiger partial charge is 0.322 e. The number of carboxylic acid groups (broad SMARTS) is 2. The number of hydrogen-bond donors (Lipinski definition) is 2. The monoisotopic (exact) mass is 248 g/mol. The van der Waals surface area contributed by atoms with Crippen LogP contribution in [0.1, 0.15) is 11.5 Å². The summed E-state index contributed by atoms with van der Waals surface area (Å²) in [4.78, 5) is 21.4. The second-order valence-electron chi connectivity index (χ2n) is 2.78. The molecule has 1 rings (SSSR count). The quantitative estimate of drug-likeness (QED) is 0.805. The highest BCUT2D eigenvalue weighted by Gasteiger charge is 2.28. The van der Waals surface area contributed by atoms with Crippen LogP contribution in [0.3, 0.4) is 0 Å². The Kier molecular flexibility index (Phi) is 3.55. The number of hydrogen-bond acceptors (Lipinski definition) is 2. The van der Waals surface area contributed by atoms with Crippen molar-refractivity contribution in [2.75, 3.05) is 0 Å². The zero-order valence-electron chi connectivity index (χ0n) is 7.28. The summed E-state index contributed by atoms with van der Waals surface area (Å²) < 4.78 is 0. The average Bonchev–Trinajstić information content (AvgIpc) is 2.10. The van der Waals surface area contributed by atoms with Gasteiger partial charge in [-0.1, -0.05) is 29.3 Å². The van der Waals surface area contributed by atoms with Crippen molar-refractivity contribution in [2.45, 2.75) is 5.92 Å². The molecule has 0 heterocycles. The molecule has 0 unspecified atom stereocenters. The Bertz CT molecular complexity index is 403. The maximum Gasteiger partial charge on any atom is 0.322 e. The molecule has 4 nitrogen and oxygen atoms in total. The van der Waals surface area contributed by atoms with Gasteiger partial charge in [-0.3, -0.25) is 9.59 Å². The number of aliphatic carboxylic acids is 2. The molecule has 80 valence electrons. The van der Waals surface area contributed by atoms with Crippen molar-refractivity contribution >= 4 is 35.1 Å². The summed E-state index contributed by atoms with van der Waals surface area (Å²) in [5, 5.41) is 17.8. The molecule has 0 aliphatic heterocycles. The molecular weight excluding hydrogens is 243 g/mol. The molecule has 1 aromatic carbocycles. The van der Waals surface area contributed by atoms with Gasteiger partial charge in [-0.15, -0.1) is 0 Å². The van der Waals surface area contributed by atoms with E-state index in [2.05, 4.69) is 0 Å². The lowest BCUT2D eigenvalue weighted by Gasteiger charge is -2.08. The van der Waals surface area contributed by atoms with Crippen molar-refractivity contribution in [3.63, 3.8) is 0 Å². The minimum absolute atomic E-state index is 0.0874. The highest BCUT2D eigenvalue weighted by molar-refractivity contribution is 6.42. The van der Waals surface area contributed by atoms with E-state index in [0.29, 0.717) is 0 Å². The number of benzene rings is 1. The van der Waals surface area contributed by atoms with Gasteiger partial charge in [-0.25, -0.2) is 0 Å². The summed E-state index contributed by atoms with van der Waals surface area (Å²) >= 11 is 11.3. The van der Waals surface area contributed by atoms with Crippen molar-refractivity contribution in [1.29, 1.82) is 0 Å². The van der Waals surface area contributed by atoms with Gasteiger partial charge >= 0.3 is 11.9 Å². The van der Waals surface area contributed by atoms with Crippen LogP contribution in [0.4, 0.5) is 0 Å². The van der Waals surface area contributed by atoms with Crippen molar-refractivity contribution < 1.29 is 19.8 Å². The number of carbonyl (C=O) groups is 2. The number of halogens is 2. The molecule has 0 bridgehead atoms. The largest absolute Gasteiger partial charge is 0.480 e. The van der Waals surface area contributed by atoms with E-state index in [4.69, 9.17) is 33.4 Å². The molecule has 0 saturated heterocycles. The molecule has 0 atom stereocenters. The summed E-state index contributed by atoms with van der Waals surface area (Å²) in [6.45, 7) is 0. The molecule has 0 aromatic heterocycles. The fourth-order valence-electron chi connectivity index (χ4n) is 1.08. The lowest BCUT2D eigenvalue weighted by Crippen LogP contribution is -2.20. The molecule has 0 aliphatic rings. The molecule has 1 aromatic rings. The molecule has 0 amide bonds. The third-order valence-electron chi connectivity index (χ3n) is 1.77. The second kappa shape index (κ2) is 4.51. The van der Waals surface area contributed by atoms with Crippen LogP contribution in [0.2, 0.25) is 10.0 Å². The molecule has 0 fully saturated rings. The maximum absolute atomic E-state index is 10.7. The average molecular weight is 249 g/mol. The number of carboxylic acids is 2. The first-order chi connectivity index (χ1) is 6.93. The highest BCUT2D eigenvalue weighted by atomic mass is 35.5. The zero-order valence-corrected chi connectivity index (χ0v) is 8.79. The van der Waals surface area contributed by atoms with Crippen LogP contribution in [0.5, 0.6) is 0 Å². The summed E-state index contributed by atoms with van der Waals surface area (Å²) in [5.74, 6) is -4.51. The van der Waals surface area contributed by atoms with E-state index in [1.807, 2.05) is 0 Å². The summed E-state index contributed by atoms with van der Waals surface area (Å²) in [5.41, 5.74) is 0.0874. The number of rotatable bonds is 3. The molecule has 0 saturated carbocycles. The van der Waals surface area contributed by atoms with Crippen LogP contribution in [0.25, 0.3) is 0 Å². The summed E-state index contributed by atoms with van der Waals surface area (Å²) in [6.07, 6.45) is 0. The second-order valence-corrected chi connectivity index (χ2v) is 3.60. The van der Waals surface area contributed by atoms with Crippen molar-refractivity contribution in [1.82, 2.24) is 0 Å². The van der Waals surface area contributed by atoms with E-state index in [0.717, 1.165) is 0 Å². The van der Waals surface area contributed by atoms with Crippen LogP contribution in [-0.4, -0.2) is 22.2 Å². The van der Waals surface area contributed by atoms with Gasteiger partial charge in [-0.05, 0) is 17.7 Å². The van der Waals surface area contributed by atoms with Gasteiger partial charge in [-0.2, -0.15) is 0 Å². The van der Waals surface area contributed by atoms with Crippen LogP contribution >= 0.6 is 23.2 Å². The van der Waals surface area contributed by atoms with Crippen molar-refractivity contribution in [2.24, 2.45) is 0 Å². The predicted molar refractivity (Wildman–Crippen MR) is 54.5 cm³/mol. The fraction of sp³-hybridized carbons (Fsp3) is 0.111. The lowest BCUT2D eigenvalue weighted by molar-refractivity contribution is -0.150. The van der Waals surface area contributed by atoms with Gasteiger partial charge in [0, 0.05) is 0 Å². The molecule has 2 N–H and O–H groups in total. The molecule has 0 radical (unpaired) electrons. The van der Waals surface area contributed by atoms with Gasteiger partial charge in [0.05, 0.1) is 10.0 Å². The molecular formula is C9H6Cl2O4. The van der Waals surface area contributed by atoms with Gasteiger partial charge in [0.1, 0.15) is 0 Å². The van der Waals surface area contributed by atoms with Crippen molar-refractivity contribution in [3.05, 3.63) is 33.8 Å². The van der Waals surface area contributed by atoms with Gasteiger partial charge in [0.25, 0.3) is 0 Å². The molecule has 15 heavy (non-hydrogen) atoms. The maximum atomic E-state index is 10.7. The minimum atomic E-state index is -1.63. The fourth-order valence-corrected chi connectivity index (χ4v) is 1.39. The third kappa shape index (κ3) is 2.61. The normalized spacial score (nSPS) is 10.3. The van der Waals surface area contributed by atoms with E-state index in [-0.39, 0.29) is 15.6 Å². The topological polar surface area (TPSA) is 74.6 Å². The first-order valence-corrected chi connectivity index (χ1v) is 4.59. The first-order valence-electron chi connectivity index (χ1n) is 3.84. The lowest BCUT2D eigenvalue weighted by atomic mass is 10.00. The Balaban J connectivity index is 3.18. The Morgan fingerprint density at radius 3 is 2.00 bits per heavy atom. The van der Waals surface area contributed by atoms with E-state index in [1.165, 1.54) is 18.2 Å². The van der Waals surface area contributed by atoms with Crippen molar-refractivity contribution in [3.8, 4) is 0 Å². The van der Waals surface area contributed by atoms with E-state index in [1.54, 1.807) is 0 Å². The van der Waals surface area contributed by atoms with Gasteiger partial charge in [0.15, 0.2) is 5.92 Å². The highest BCUT2D eigenvalue weighted by Crippen LogP contribution is 2.26. The van der Waals surface area contributed by atoms with Crippen LogP contribution in [0.15, 0.2) is 18.2 Å². The van der Waals surface area contributed by atoms with Crippen LogP contribution < -0.4 is 0 Å². The summed E-state index contributed by atoms with van der Waals surface area (Å²) in [6, 6.07) is 3.91. The van der Waals surface area contributed by atoms with E-state index >= 15 is 0 Å². The standard InChI is InChI=1S/C9H6Cl2O4/c10-5-2-1-4(3-6(5)11)7(8(12)13)9(14)15/h1-3,7H,(H,12,13)(H,14,15). The van der Waals surface area contributed by atoms with Crippen LogP contribution in [-0.2, 0) is 9.59 Å². The van der Waals surface area contributed by atoms with Gasteiger partial charge < -0.3 is 10.2 Å². The van der Waals surface area contributed by atoms with E-state index in [9.17, 15) is 9.59 Å². The Morgan fingerprint density at radius 1 is 1.07 bits per heavy atom. The first kappa shape index (κ1) is 11.8. The van der Waals surface area contributed by atoms with Gasteiger partial charge in [0.2, 0.25) is 0 Å². The third-order valence-corrected chi connectivity index (χ3v) is 2.51. The van der Waals surface area contributed by atoms with E-state index < -0.39 is 17.9 Å².